The number of rotatable bonds is 4. The third-order valence-electron chi connectivity index (χ3n) is 3.02. The number of thiol groups is 1. The number of ether oxygens (including phenoxy) is 1. The molecular weight excluding hydrogens is 324 g/mol. The molecule has 1 aromatic rings. The van der Waals surface area contributed by atoms with Crippen molar-refractivity contribution in [2.45, 2.75) is 37.6 Å². The molecule has 0 spiro atoms. The molecule has 116 valence electrons. The Bertz CT molecular complexity index is 600. The highest BCUT2D eigenvalue weighted by Gasteiger charge is 2.52. The quantitative estimate of drug-likeness (QED) is 0.538. The maximum Gasteiger partial charge on any atom is 0.582 e. The van der Waals surface area contributed by atoms with E-state index in [2.05, 4.69) is 17.2 Å². The first kappa shape index (κ1) is 16.3. The molecule has 0 aliphatic carbocycles. The normalized spacial score (nSPS) is 31.1. The van der Waals surface area contributed by atoms with Gasteiger partial charge in [0, 0.05) is 6.20 Å². The topological polar surface area (TPSA) is 117 Å². The van der Waals surface area contributed by atoms with E-state index < -0.39 is 43.6 Å². The minimum Gasteiger partial charge on any atom is -0.391 e. The fourth-order valence-corrected chi connectivity index (χ4v) is 2.88. The number of aliphatic hydroxyl groups is 1. The van der Waals surface area contributed by atoms with Crippen LogP contribution in [0, 0.1) is 0 Å². The van der Waals surface area contributed by atoms with Crippen LogP contribution >= 0.6 is 19.5 Å². The molecule has 0 bridgehead atoms. The Balaban J connectivity index is 2.33. The SMILES string of the molecule is C[C@H](O)[C@H]1O[C@@H](n2ccc(N)nc2=O)C(F)C1O[P+](=O)S. The smallest absolute Gasteiger partial charge is 0.391 e. The summed E-state index contributed by atoms with van der Waals surface area (Å²) in [7, 11) is -2.40. The summed E-state index contributed by atoms with van der Waals surface area (Å²) in [6.45, 7) is 1.37. The predicted octanol–water partition coefficient (Wildman–Crippen LogP) is 0.414. The average molecular weight is 338 g/mol. The van der Waals surface area contributed by atoms with E-state index >= 15 is 0 Å². The number of halogens is 1. The van der Waals surface area contributed by atoms with Gasteiger partial charge < -0.3 is 15.6 Å². The number of nitrogens with zero attached hydrogens (tertiary/aromatic N) is 2. The molecule has 0 radical (unpaired) electrons. The first-order chi connectivity index (χ1) is 9.81. The summed E-state index contributed by atoms with van der Waals surface area (Å²) in [5.41, 5.74) is 4.55. The third-order valence-corrected chi connectivity index (χ3v) is 3.73. The Labute approximate surface area is 125 Å². The van der Waals surface area contributed by atoms with Crippen LogP contribution in [0.25, 0.3) is 0 Å². The van der Waals surface area contributed by atoms with Crippen molar-refractivity contribution in [3.8, 4) is 0 Å². The highest BCUT2D eigenvalue weighted by Crippen LogP contribution is 2.41. The van der Waals surface area contributed by atoms with E-state index in [1.165, 1.54) is 19.2 Å². The standard InChI is InChI=1S/C10H13FN3O5PS/c1-4(15)7-8(19-20(17)21)6(11)9(18-7)14-3-2-5(12)13-10(14)16/h2-4,6-9,15H,1H3,(H2-,12,13,16,17,21)/p+1/t4-,6?,7+,8?,9+/m0/s1. The average Bonchev–Trinajstić information content (AvgIpc) is 2.67. The number of alkyl halides is 1. The fraction of sp³-hybridized carbons (Fsp3) is 0.600. The van der Waals surface area contributed by atoms with Crippen molar-refractivity contribution in [2.75, 3.05) is 5.73 Å². The zero-order valence-electron chi connectivity index (χ0n) is 10.9. The van der Waals surface area contributed by atoms with E-state index in [0.29, 0.717) is 0 Å². The van der Waals surface area contributed by atoms with Crippen molar-refractivity contribution in [3.63, 3.8) is 0 Å². The van der Waals surface area contributed by atoms with E-state index in [9.17, 15) is 18.9 Å². The third kappa shape index (κ3) is 3.41. The highest BCUT2D eigenvalue weighted by atomic mass is 32.7. The number of aliphatic hydroxyl groups excluding tert-OH is 1. The zero-order chi connectivity index (χ0) is 15.7. The van der Waals surface area contributed by atoms with Gasteiger partial charge in [-0.25, -0.2) is 9.18 Å². The molecular formula is C10H14FN3O5PS+. The van der Waals surface area contributed by atoms with Crippen molar-refractivity contribution in [1.29, 1.82) is 0 Å². The summed E-state index contributed by atoms with van der Waals surface area (Å²) >= 11 is 3.56. The summed E-state index contributed by atoms with van der Waals surface area (Å²) in [6.07, 6.45) is -5.48. The van der Waals surface area contributed by atoms with Crippen LogP contribution in [0.2, 0.25) is 0 Å². The molecule has 0 saturated carbocycles. The van der Waals surface area contributed by atoms with Gasteiger partial charge in [-0.15, -0.1) is 4.52 Å². The predicted molar refractivity (Wildman–Crippen MR) is 74.9 cm³/mol. The van der Waals surface area contributed by atoms with Gasteiger partial charge in [0.15, 0.2) is 18.5 Å². The van der Waals surface area contributed by atoms with Crippen LogP contribution in [-0.4, -0.2) is 39.1 Å². The number of hydrogen-bond donors (Lipinski definition) is 3. The molecule has 3 unspecified atom stereocenters. The van der Waals surface area contributed by atoms with Gasteiger partial charge in [0.25, 0.3) is 0 Å². The number of nitrogen functional groups attached to an aromatic ring is 1. The lowest BCUT2D eigenvalue weighted by atomic mass is 10.1. The maximum absolute atomic E-state index is 14.4. The second-order valence-corrected chi connectivity index (χ2v) is 6.19. The molecule has 11 heteroatoms. The van der Waals surface area contributed by atoms with Gasteiger partial charge in [-0.3, -0.25) is 4.57 Å². The van der Waals surface area contributed by atoms with Gasteiger partial charge in [0.05, 0.1) is 6.10 Å². The van der Waals surface area contributed by atoms with Gasteiger partial charge in [0.1, 0.15) is 24.2 Å². The highest BCUT2D eigenvalue weighted by molar-refractivity contribution is 8.39. The molecule has 8 nitrogen and oxygen atoms in total. The molecule has 2 rings (SSSR count). The second kappa shape index (κ2) is 6.37. The molecule has 1 aliphatic rings. The first-order valence-corrected chi connectivity index (χ1v) is 8.29. The maximum atomic E-state index is 14.4. The summed E-state index contributed by atoms with van der Waals surface area (Å²) < 4.78 is 36.6. The summed E-state index contributed by atoms with van der Waals surface area (Å²) in [5.74, 6) is -0.0111. The molecule has 1 aromatic heterocycles. The van der Waals surface area contributed by atoms with Crippen LogP contribution in [0.3, 0.4) is 0 Å². The van der Waals surface area contributed by atoms with Crippen LogP contribution in [0.15, 0.2) is 17.1 Å². The molecule has 1 fully saturated rings. The van der Waals surface area contributed by atoms with E-state index in [-0.39, 0.29) is 5.82 Å². The summed E-state index contributed by atoms with van der Waals surface area (Å²) in [5, 5.41) is 9.62. The summed E-state index contributed by atoms with van der Waals surface area (Å²) in [4.78, 5) is 15.2. The van der Waals surface area contributed by atoms with Gasteiger partial charge >= 0.3 is 12.9 Å². The van der Waals surface area contributed by atoms with Crippen molar-refractivity contribution in [3.05, 3.63) is 22.7 Å². The Morgan fingerprint density at radius 1 is 1.71 bits per heavy atom. The molecule has 1 saturated heterocycles. The number of aromatic nitrogens is 2. The van der Waals surface area contributed by atoms with E-state index in [4.69, 9.17) is 15.0 Å². The van der Waals surface area contributed by atoms with Gasteiger partial charge in [-0.05, 0) is 17.6 Å². The monoisotopic (exact) mass is 338 g/mol. The molecule has 0 amide bonds. The summed E-state index contributed by atoms with van der Waals surface area (Å²) in [6, 6.07) is 1.31. The van der Waals surface area contributed by atoms with Gasteiger partial charge in [0.2, 0.25) is 0 Å². The number of nitrogens with two attached hydrogens (primary N) is 1. The van der Waals surface area contributed by atoms with Crippen LogP contribution < -0.4 is 11.4 Å². The van der Waals surface area contributed by atoms with E-state index in [1.54, 1.807) is 0 Å². The number of hydrogen-bond acceptors (Lipinski definition) is 7. The van der Waals surface area contributed by atoms with Crippen molar-refractivity contribution < 1.29 is 23.3 Å². The lowest BCUT2D eigenvalue weighted by Crippen LogP contribution is -2.37. The molecule has 3 N–H and O–H groups in total. The minimum atomic E-state index is -2.40. The zero-order valence-corrected chi connectivity index (χ0v) is 12.7. The lowest BCUT2D eigenvalue weighted by molar-refractivity contribution is -0.0747. The molecule has 2 heterocycles. The van der Waals surface area contributed by atoms with Crippen LogP contribution in [0.1, 0.15) is 13.2 Å². The Hall–Kier alpha value is -1.06. The van der Waals surface area contributed by atoms with Crippen LogP contribution in [-0.2, 0) is 13.8 Å². The fourth-order valence-electron chi connectivity index (χ4n) is 2.11. The molecule has 0 aromatic carbocycles. The minimum absolute atomic E-state index is 0.0111. The van der Waals surface area contributed by atoms with Crippen LogP contribution in [0.5, 0.6) is 0 Å². The lowest BCUT2D eigenvalue weighted by Gasteiger charge is -2.17. The Kier molecular flexibility index (Phi) is 4.95. The van der Waals surface area contributed by atoms with Gasteiger partial charge in [-0.1, -0.05) is 0 Å². The van der Waals surface area contributed by atoms with Crippen molar-refractivity contribution >= 4 is 25.3 Å². The van der Waals surface area contributed by atoms with E-state index in [0.717, 1.165) is 4.57 Å². The Morgan fingerprint density at radius 3 is 2.90 bits per heavy atom. The van der Waals surface area contributed by atoms with Gasteiger partial charge in [-0.2, -0.15) is 4.98 Å². The van der Waals surface area contributed by atoms with Crippen molar-refractivity contribution in [1.82, 2.24) is 9.55 Å². The molecule has 1 aliphatic heterocycles. The molecule has 6 atom stereocenters. The first-order valence-electron chi connectivity index (χ1n) is 5.96. The molecule has 21 heavy (non-hydrogen) atoms. The van der Waals surface area contributed by atoms with E-state index in [1.807, 2.05) is 0 Å². The van der Waals surface area contributed by atoms with Crippen molar-refractivity contribution in [2.24, 2.45) is 0 Å². The van der Waals surface area contributed by atoms with Crippen LogP contribution in [0.4, 0.5) is 10.2 Å². The second-order valence-electron chi connectivity index (χ2n) is 4.53. The number of anilines is 1. The Morgan fingerprint density at radius 2 is 2.38 bits per heavy atom. The largest absolute Gasteiger partial charge is 0.582 e.